The van der Waals surface area contributed by atoms with E-state index in [-0.39, 0.29) is 11.8 Å². The summed E-state index contributed by atoms with van der Waals surface area (Å²) in [6.07, 6.45) is 4.68. The van der Waals surface area contributed by atoms with Crippen LogP contribution < -0.4 is 20.1 Å². The van der Waals surface area contributed by atoms with Crippen molar-refractivity contribution in [2.24, 2.45) is 0 Å². The van der Waals surface area contributed by atoms with Gasteiger partial charge in [0.25, 0.3) is 11.8 Å². The van der Waals surface area contributed by atoms with E-state index in [1.54, 1.807) is 25.3 Å². The smallest absolute Gasteiger partial charge is 0.256 e. The number of carbonyl (C=O) groups excluding carboxylic acids is 2. The predicted octanol–water partition coefficient (Wildman–Crippen LogP) is 3.66. The standard InChI is InChI=1S/C22H28N2O5S/c1-27-10-6-9-23-21(26)19-17-7-4-5-8-18(17)30-22(19)24-20(25)14-11-15(28-2)13-16(12-14)29-3/h11-13H,4-10H2,1-3H3,(H,23,26)(H,24,25). The van der Waals surface area contributed by atoms with E-state index in [9.17, 15) is 9.59 Å². The molecule has 7 nitrogen and oxygen atoms in total. The van der Waals surface area contributed by atoms with E-state index in [2.05, 4.69) is 10.6 Å². The van der Waals surface area contributed by atoms with E-state index in [1.807, 2.05) is 0 Å². The van der Waals surface area contributed by atoms with Crippen molar-refractivity contribution in [3.63, 3.8) is 0 Å². The molecule has 8 heteroatoms. The molecule has 0 radical (unpaired) electrons. The van der Waals surface area contributed by atoms with Crippen LogP contribution in [0, 0.1) is 0 Å². The van der Waals surface area contributed by atoms with Gasteiger partial charge in [0.05, 0.1) is 19.8 Å². The molecule has 162 valence electrons. The number of amides is 2. The van der Waals surface area contributed by atoms with Gasteiger partial charge >= 0.3 is 0 Å². The molecule has 0 aliphatic heterocycles. The van der Waals surface area contributed by atoms with Crippen LogP contribution in [0.3, 0.4) is 0 Å². The van der Waals surface area contributed by atoms with Crippen LogP contribution in [0.15, 0.2) is 18.2 Å². The lowest BCUT2D eigenvalue weighted by molar-refractivity contribution is 0.0948. The van der Waals surface area contributed by atoms with E-state index in [0.717, 1.165) is 37.7 Å². The fraction of sp³-hybridized carbons (Fsp3) is 0.455. The molecule has 2 amide bonds. The molecule has 1 aliphatic carbocycles. The molecule has 2 aromatic rings. The largest absolute Gasteiger partial charge is 0.497 e. The van der Waals surface area contributed by atoms with E-state index in [4.69, 9.17) is 14.2 Å². The number of anilines is 1. The van der Waals surface area contributed by atoms with Gasteiger partial charge in [-0.05, 0) is 49.8 Å². The van der Waals surface area contributed by atoms with Crippen molar-refractivity contribution >= 4 is 28.2 Å². The third-order valence-electron chi connectivity index (χ3n) is 5.05. The molecule has 0 atom stereocenters. The molecule has 0 fully saturated rings. The molecule has 0 saturated heterocycles. The third-order valence-corrected chi connectivity index (χ3v) is 6.26. The highest BCUT2D eigenvalue weighted by Gasteiger charge is 2.26. The Kier molecular flexibility index (Phi) is 7.70. The van der Waals surface area contributed by atoms with Crippen LogP contribution in [0.1, 0.15) is 50.4 Å². The Morgan fingerprint density at radius 2 is 1.70 bits per heavy atom. The highest BCUT2D eigenvalue weighted by Crippen LogP contribution is 2.38. The fourth-order valence-corrected chi connectivity index (χ4v) is 4.80. The maximum absolute atomic E-state index is 13.0. The molecule has 0 bridgehead atoms. The Morgan fingerprint density at radius 1 is 1.00 bits per heavy atom. The van der Waals surface area contributed by atoms with Gasteiger partial charge in [0.1, 0.15) is 16.5 Å². The van der Waals surface area contributed by atoms with Gasteiger partial charge < -0.3 is 24.8 Å². The molecule has 3 rings (SSSR count). The molecule has 2 N–H and O–H groups in total. The summed E-state index contributed by atoms with van der Waals surface area (Å²) in [5, 5.41) is 6.50. The highest BCUT2D eigenvalue weighted by molar-refractivity contribution is 7.17. The van der Waals surface area contributed by atoms with Crippen molar-refractivity contribution in [1.82, 2.24) is 5.32 Å². The molecule has 1 heterocycles. The van der Waals surface area contributed by atoms with Gasteiger partial charge in [0.2, 0.25) is 0 Å². The third kappa shape index (κ3) is 5.12. The minimum atomic E-state index is -0.306. The zero-order valence-electron chi connectivity index (χ0n) is 17.6. The molecular formula is C22H28N2O5S. The first-order chi connectivity index (χ1) is 14.6. The average Bonchev–Trinajstić information content (AvgIpc) is 3.13. The Hall–Kier alpha value is -2.58. The van der Waals surface area contributed by atoms with Crippen molar-refractivity contribution in [2.75, 3.05) is 39.8 Å². The van der Waals surface area contributed by atoms with Crippen LogP contribution in [0.2, 0.25) is 0 Å². The molecule has 0 saturated carbocycles. The van der Waals surface area contributed by atoms with Gasteiger partial charge in [0.15, 0.2) is 0 Å². The average molecular weight is 433 g/mol. The minimum absolute atomic E-state index is 0.149. The number of ether oxygens (including phenoxy) is 3. The van der Waals surface area contributed by atoms with Crippen LogP contribution in [-0.2, 0) is 17.6 Å². The number of fused-ring (bicyclic) bond motifs is 1. The number of thiophene rings is 1. The SMILES string of the molecule is COCCCNC(=O)c1c(NC(=O)c2cc(OC)cc(OC)c2)sc2c1CCCC2. The lowest BCUT2D eigenvalue weighted by Gasteiger charge is -2.13. The van der Waals surface area contributed by atoms with Crippen LogP contribution in [0.5, 0.6) is 11.5 Å². The minimum Gasteiger partial charge on any atom is -0.497 e. The molecule has 0 spiro atoms. The van der Waals surface area contributed by atoms with Gasteiger partial charge in [-0.1, -0.05) is 0 Å². The fourth-order valence-electron chi connectivity index (χ4n) is 3.51. The summed E-state index contributed by atoms with van der Waals surface area (Å²) < 4.78 is 15.6. The van der Waals surface area contributed by atoms with Crippen molar-refractivity contribution in [3.05, 3.63) is 39.8 Å². The summed E-state index contributed by atoms with van der Waals surface area (Å²) in [7, 11) is 4.71. The Bertz CT molecular complexity index is 887. The first-order valence-electron chi connectivity index (χ1n) is 10.0. The first-order valence-corrected chi connectivity index (χ1v) is 10.8. The van der Waals surface area contributed by atoms with Crippen LogP contribution in [0.4, 0.5) is 5.00 Å². The van der Waals surface area contributed by atoms with Crippen LogP contribution >= 0.6 is 11.3 Å². The summed E-state index contributed by atoms with van der Waals surface area (Å²) in [6, 6.07) is 5.01. The van der Waals surface area contributed by atoms with E-state index in [0.29, 0.717) is 40.8 Å². The monoisotopic (exact) mass is 432 g/mol. The van der Waals surface area contributed by atoms with E-state index in [1.165, 1.54) is 30.4 Å². The van der Waals surface area contributed by atoms with Crippen LogP contribution in [0.25, 0.3) is 0 Å². The first kappa shape index (κ1) is 22.1. The second-order valence-electron chi connectivity index (χ2n) is 7.07. The molecule has 1 aromatic heterocycles. The summed E-state index contributed by atoms with van der Waals surface area (Å²) in [5.41, 5.74) is 2.06. The second-order valence-corrected chi connectivity index (χ2v) is 8.18. The van der Waals surface area contributed by atoms with Crippen molar-refractivity contribution < 1.29 is 23.8 Å². The molecule has 0 unspecified atom stereocenters. The predicted molar refractivity (Wildman–Crippen MR) is 117 cm³/mol. The zero-order chi connectivity index (χ0) is 21.5. The van der Waals surface area contributed by atoms with Gasteiger partial charge in [-0.25, -0.2) is 0 Å². The normalized spacial score (nSPS) is 12.8. The Labute approximate surface area is 180 Å². The Morgan fingerprint density at radius 3 is 2.37 bits per heavy atom. The maximum Gasteiger partial charge on any atom is 0.256 e. The molecule has 1 aliphatic rings. The van der Waals surface area contributed by atoms with Crippen molar-refractivity contribution in [2.45, 2.75) is 32.1 Å². The van der Waals surface area contributed by atoms with Gasteiger partial charge in [-0.15, -0.1) is 11.3 Å². The van der Waals surface area contributed by atoms with Gasteiger partial charge in [0, 0.05) is 36.8 Å². The number of hydrogen-bond acceptors (Lipinski definition) is 6. The number of nitrogens with one attached hydrogen (secondary N) is 2. The number of aryl methyl sites for hydroxylation is 1. The number of hydrogen-bond donors (Lipinski definition) is 2. The quantitative estimate of drug-likeness (QED) is 0.591. The highest BCUT2D eigenvalue weighted by atomic mass is 32.1. The summed E-state index contributed by atoms with van der Waals surface area (Å²) in [4.78, 5) is 27.1. The topological polar surface area (TPSA) is 85.9 Å². The molecular weight excluding hydrogens is 404 g/mol. The van der Waals surface area contributed by atoms with Crippen molar-refractivity contribution in [3.8, 4) is 11.5 Å². The maximum atomic E-state index is 13.0. The number of rotatable bonds is 9. The summed E-state index contributed by atoms with van der Waals surface area (Å²) >= 11 is 1.50. The van der Waals surface area contributed by atoms with E-state index < -0.39 is 0 Å². The van der Waals surface area contributed by atoms with Gasteiger partial charge in [-0.2, -0.15) is 0 Å². The molecule has 1 aromatic carbocycles. The number of methoxy groups -OCH3 is 3. The van der Waals surface area contributed by atoms with Crippen molar-refractivity contribution in [1.29, 1.82) is 0 Å². The molecule has 30 heavy (non-hydrogen) atoms. The lowest BCUT2D eigenvalue weighted by Crippen LogP contribution is -2.27. The van der Waals surface area contributed by atoms with E-state index >= 15 is 0 Å². The summed E-state index contributed by atoms with van der Waals surface area (Å²) in [5.74, 6) is 0.602. The number of benzene rings is 1. The summed E-state index contributed by atoms with van der Waals surface area (Å²) in [6.45, 7) is 1.11. The van der Waals surface area contributed by atoms with Gasteiger partial charge in [-0.3, -0.25) is 9.59 Å². The van der Waals surface area contributed by atoms with Crippen LogP contribution in [-0.4, -0.2) is 46.3 Å². The zero-order valence-corrected chi connectivity index (χ0v) is 18.4. The lowest BCUT2D eigenvalue weighted by atomic mass is 9.95. The number of carbonyl (C=O) groups is 2. The Balaban J connectivity index is 1.85. The second kappa shape index (κ2) is 10.4.